The van der Waals surface area contributed by atoms with E-state index in [0.29, 0.717) is 5.56 Å². The van der Waals surface area contributed by atoms with Crippen LogP contribution < -0.4 is 0 Å². The molecule has 0 amide bonds. The van der Waals surface area contributed by atoms with E-state index in [2.05, 4.69) is 10.1 Å². The summed E-state index contributed by atoms with van der Waals surface area (Å²) in [4.78, 5) is 18.5. The van der Waals surface area contributed by atoms with E-state index in [1.165, 1.54) is 0 Å². The van der Waals surface area contributed by atoms with Crippen LogP contribution in [0.3, 0.4) is 0 Å². The quantitative estimate of drug-likeness (QED) is 0.469. The summed E-state index contributed by atoms with van der Waals surface area (Å²) in [5, 5.41) is 3.81. The molecule has 0 heterocycles. The zero-order valence-electron chi connectivity index (χ0n) is 10.9. The van der Waals surface area contributed by atoms with Crippen LogP contribution in [0.15, 0.2) is 35.5 Å². The molecular formula is C13H19ClN2O2. The molecule has 0 radical (unpaired) electrons. The second kappa shape index (κ2) is 8.66. The first-order valence-corrected chi connectivity index (χ1v) is 5.54. The summed E-state index contributed by atoms with van der Waals surface area (Å²) < 4.78 is 0. The number of nitrogens with zero attached hydrogens (tertiary/aromatic N) is 2. The van der Waals surface area contributed by atoms with Crippen molar-refractivity contribution in [3.8, 4) is 0 Å². The Kier molecular flexibility index (Phi) is 8.00. The highest BCUT2D eigenvalue weighted by atomic mass is 35.5. The molecule has 0 aliphatic rings. The number of carbonyl (C=O) groups excluding carboxylic acids is 1. The zero-order chi connectivity index (χ0) is 12.7. The van der Waals surface area contributed by atoms with Crippen LogP contribution in [-0.4, -0.2) is 37.2 Å². The lowest BCUT2D eigenvalue weighted by molar-refractivity contribution is 0.0515. The van der Waals surface area contributed by atoms with Crippen molar-refractivity contribution in [2.75, 3.05) is 20.6 Å². The molecule has 0 fully saturated rings. The standard InChI is InChI=1S/C13H18N2O2.ClH/c1-11(9-10-15(2)3)14-17-13(16)12-7-5-4-6-8-12;/h4-8H,9-10H2,1-3H3;1H/b14-11+;. The highest BCUT2D eigenvalue weighted by Gasteiger charge is 2.05. The minimum absolute atomic E-state index is 0. The summed E-state index contributed by atoms with van der Waals surface area (Å²) in [6.45, 7) is 2.74. The molecule has 0 unspecified atom stereocenters. The summed E-state index contributed by atoms with van der Waals surface area (Å²) in [5.41, 5.74) is 1.32. The van der Waals surface area contributed by atoms with Gasteiger partial charge in [-0.15, -0.1) is 12.4 Å². The van der Waals surface area contributed by atoms with Crippen LogP contribution in [0.25, 0.3) is 0 Å². The van der Waals surface area contributed by atoms with Gasteiger partial charge in [-0.05, 0) is 33.2 Å². The first-order chi connectivity index (χ1) is 8.09. The fourth-order valence-corrected chi connectivity index (χ4v) is 1.18. The van der Waals surface area contributed by atoms with E-state index < -0.39 is 5.97 Å². The van der Waals surface area contributed by atoms with Crippen molar-refractivity contribution < 1.29 is 9.63 Å². The molecule has 0 saturated carbocycles. The Morgan fingerprint density at radius 2 is 1.89 bits per heavy atom. The number of hydrogen-bond donors (Lipinski definition) is 0. The van der Waals surface area contributed by atoms with E-state index in [4.69, 9.17) is 4.84 Å². The van der Waals surface area contributed by atoms with Gasteiger partial charge in [-0.2, -0.15) is 0 Å². The summed E-state index contributed by atoms with van der Waals surface area (Å²) in [7, 11) is 3.98. The van der Waals surface area contributed by atoms with Crippen LogP contribution in [0.2, 0.25) is 0 Å². The largest absolute Gasteiger partial charge is 0.365 e. The number of benzene rings is 1. The van der Waals surface area contributed by atoms with Crippen LogP contribution in [0, 0.1) is 0 Å². The van der Waals surface area contributed by atoms with Crippen LogP contribution in [0.1, 0.15) is 23.7 Å². The lowest BCUT2D eigenvalue weighted by Crippen LogP contribution is -2.15. The van der Waals surface area contributed by atoms with Gasteiger partial charge in [0.25, 0.3) is 0 Å². The lowest BCUT2D eigenvalue weighted by Gasteiger charge is -2.07. The molecule has 0 atom stereocenters. The highest BCUT2D eigenvalue weighted by Crippen LogP contribution is 2.01. The molecule has 0 N–H and O–H groups in total. The van der Waals surface area contributed by atoms with Gasteiger partial charge in [-0.3, -0.25) is 0 Å². The number of rotatable bonds is 5. The fraction of sp³-hybridized carbons (Fsp3) is 0.385. The van der Waals surface area contributed by atoms with Gasteiger partial charge < -0.3 is 9.74 Å². The molecule has 0 saturated heterocycles. The molecule has 5 heteroatoms. The third kappa shape index (κ3) is 6.37. The molecular weight excluding hydrogens is 252 g/mol. The molecule has 0 aliphatic carbocycles. The van der Waals surface area contributed by atoms with Gasteiger partial charge >= 0.3 is 5.97 Å². The van der Waals surface area contributed by atoms with Crippen molar-refractivity contribution in [2.45, 2.75) is 13.3 Å². The Morgan fingerprint density at radius 1 is 1.28 bits per heavy atom. The summed E-state index contributed by atoms with van der Waals surface area (Å²) in [5.74, 6) is -0.421. The van der Waals surface area contributed by atoms with Crippen molar-refractivity contribution in [3.05, 3.63) is 35.9 Å². The van der Waals surface area contributed by atoms with E-state index in [1.807, 2.05) is 27.1 Å². The van der Waals surface area contributed by atoms with Gasteiger partial charge in [-0.1, -0.05) is 23.4 Å². The average Bonchev–Trinajstić information content (AvgIpc) is 2.34. The van der Waals surface area contributed by atoms with E-state index in [9.17, 15) is 4.79 Å². The second-order valence-electron chi connectivity index (χ2n) is 4.12. The lowest BCUT2D eigenvalue weighted by atomic mass is 10.2. The average molecular weight is 271 g/mol. The van der Waals surface area contributed by atoms with Crippen LogP contribution >= 0.6 is 12.4 Å². The van der Waals surface area contributed by atoms with Gasteiger partial charge in [0.05, 0.1) is 11.3 Å². The maximum atomic E-state index is 11.5. The highest BCUT2D eigenvalue weighted by molar-refractivity contribution is 5.90. The van der Waals surface area contributed by atoms with E-state index >= 15 is 0 Å². The Bertz CT molecular complexity index is 391. The predicted molar refractivity (Wildman–Crippen MR) is 75.4 cm³/mol. The SMILES string of the molecule is C/C(CCN(C)C)=N\OC(=O)c1ccccc1.Cl. The number of carbonyl (C=O) groups is 1. The van der Waals surface area contributed by atoms with E-state index in [0.717, 1.165) is 18.7 Å². The molecule has 1 aromatic rings. The molecule has 0 spiro atoms. The molecule has 100 valence electrons. The van der Waals surface area contributed by atoms with Gasteiger partial charge in [0.15, 0.2) is 0 Å². The third-order valence-electron chi connectivity index (χ3n) is 2.21. The zero-order valence-corrected chi connectivity index (χ0v) is 11.7. The van der Waals surface area contributed by atoms with Crippen molar-refractivity contribution in [1.29, 1.82) is 0 Å². The maximum absolute atomic E-state index is 11.5. The number of hydrogen-bond acceptors (Lipinski definition) is 4. The Labute approximate surface area is 114 Å². The van der Waals surface area contributed by atoms with Crippen LogP contribution in [0.5, 0.6) is 0 Å². The summed E-state index contributed by atoms with van der Waals surface area (Å²) >= 11 is 0. The normalized spacial score (nSPS) is 11.0. The maximum Gasteiger partial charge on any atom is 0.365 e. The van der Waals surface area contributed by atoms with E-state index in [1.54, 1.807) is 24.3 Å². The second-order valence-corrected chi connectivity index (χ2v) is 4.12. The van der Waals surface area contributed by atoms with Gasteiger partial charge in [-0.25, -0.2) is 4.79 Å². The molecule has 18 heavy (non-hydrogen) atoms. The Hall–Kier alpha value is -1.39. The number of halogens is 1. The van der Waals surface area contributed by atoms with Crippen molar-refractivity contribution in [2.24, 2.45) is 5.16 Å². The number of oxime groups is 1. The minimum Gasteiger partial charge on any atom is -0.313 e. The van der Waals surface area contributed by atoms with Gasteiger partial charge in [0.2, 0.25) is 0 Å². The predicted octanol–water partition coefficient (Wildman–Crippen LogP) is 2.59. The molecule has 1 rings (SSSR count). The fourth-order valence-electron chi connectivity index (χ4n) is 1.18. The molecule has 4 nitrogen and oxygen atoms in total. The van der Waals surface area contributed by atoms with Gasteiger partial charge in [0.1, 0.15) is 0 Å². The van der Waals surface area contributed by atoms with Crippen LogP contribution in [-0.2, 0) is 4.84 Å². The Balaban J connectivity index is 0.00000289. The minimum atomic E-state index is -0.421. The first kappa shape index (κ1) is 16.6. The van der Waals surface area contributed by atoms with Crippen molar-refractivity contribution in [1.82, 2.24) is 4.90 Å². The molecule has 0 bridgehead atoms. The monoisotopic (exact) mass is 270 g/mol. The Morgan fingerprint density at radius 3 is 2.44 bits per heavy atom. The first-order valence-electron chi connectivity index (χ1n) is 5.54. The van der Waals surface area contributed by atoms with Crippen molar-refractivity contribution >= 4 is 24.1 Å². The van der Waals surface area contributed by atoms with Crippen LogP contribution in [0.4, 0.5) is 0 Å². The summed E-state index contributed by atoms with van der Waals surface area (Å²) in [6, 6.07) is 8.83. The summed E-state index contributed by atoms with van der Waals surface area (Å²) in [6.07, 6.45) is 0.787. The third-order valence-corrected chi connectivity index (χ3v) is 2.21. The molecule has 0 aromatic heterocycles. The molecule has 0 aliphatic heterocycles. The molecule has 1 aromatic carbocycles. The topological polar surface area (TPSA) is 41.9 Å². The van der Waals surface area contributed by atoms with Gasteiger partial charge in [0, 0.05) is 13.0 Å². The van der Waals surface area contributed by atoms with Crippen molar-refractivity contribution in [3.63, 3.8) is 0 Å². The smallest absolute Gasteiger partial charge is 0.313 e. The van der Waals surface area contributed by atoms with E-state index in [-0.39, 0.29) is 12.4 Å².